The summed E-state index contributed by atoms with van der Waals surface area (Å²) >= 11 is 0. The van der Waals surface area contributed by atoms with E-state index in [0.717, 1.165) is 16.8 Å². The van der Waals surface area contributed by atoms with Crippen LogP contribution in [0.3, 0.4) is 0 Å². The molecule has 2 heteroatoms. The molecule has 2 aromatic carbocycles. The van der Waals surface area contributed by atoms with Crippen LogP contribution in [-0.2, 0) is 0 Å². The summed E-state index contributed by atoms with van der Waals surface area (Å²) < 4.78 is 13.1. The molecule has 0 aromatic heterocycles. The molecule has 0 saturated heterocycles. The Morgan fingerprint density at radius 1 is 0.889 bits per heavy atom. The molecule has 0 atom stereocenters. The highest BCUT2D eigenvalue weighted by Gasteiger charge is 2.05. The molecule has 0 spiro atoms. The molecular formula is C16H16FN. The van der Waals surface area contributed by atoms with Gasteiger partial charge >= 0.3 is 0 Å². The first kappa shape index (κ1) is 12.4. The minimum Gasteiger partial charge on any atom is -0.378 e. The van der Waals surface area contributed by atoms with Crippen molar-refractivity contribution in [2.24, 2.45) is 0 Å². The van der Waals surface area contributed by atoms with Gasteiger partial charge in [0.15, 0.2) is 0 Å². The Morgan fingerprint density at radius 3 is 1.94 bits per heavy atom. The average molecular weight is 241 g/mol. The van der Waals surface area contributed by atoms with Gasteiger partial charge in [-0.15, -0.1) is 0 Å². The van der Waals surface area contributed by atoms with Gasteiger partial charge in [0.2, 0.25) is 0 Å². The van der Waals surface area contributed by atoms with Crippen molar-refractivity contribution in [3.05, 3.63) is 72.1 Å². The fourth-order valence-corrected chi connectivity index (χ4v) is 1.85. The molecule has 1 nitrogen and oxygen atoms in total. The van der Waals surface area contributed by atoms with Crippen LogP contribution in [0.5, 0.6) is 0 Å². The molecule has 0 aliphatic heterocycles. The number of halogens is 1. The zero-order valence-corrected chi connectivity index (χ0v) is 10.6. The maximum atomic E-state index is 13.1. The molecule has 0 aliphatic rings. The second-order valence-corrected chi connectivity index (χ2v) is 4.33. The molecule has 0 saturated carbocycles. The number of nitrogens with zero attached hydrogens (tertiary/aromatic N) is 1. The summed E-state index contributed by atoms with van der Waals surface area (Å²) in [4.78, 5) is 2.02. The SMILES string of the molecule is CN(C)c1ccc(C(=CF)c2ccccc2)cc1. The third-order valence-corrected chi connectivity index (χ3v) is 2.89. The van der Waals surface area contributed by atoms with Crippen LogP contribution in [0.15, 0.2) is 60.9 Å². The van der Waals surface area contributed by atoms with Gasteiger partial charge in [-0.3, -0.25) is 0 Å². The van der Waals surface area contributed by atoms with Gasteiger partial charge in [-0.05, 0) is 23.3 Å². The number of hydrogen-bond acceptors (Lipinski definition) is 1. The molecule has 0 radical (unpaired) electrons. The maximum absolute atomic E-state index is 13.1. The van der Waals surface area contributed by atoms with E-state index in [2.05, 4.69) is 0 Å². The summed E-state index contributed by atoms with van der Waals surface area (Å²) in [7, 11) is 3.97. The van der Waals surface area contributed by atoms with Crippen LogP contribution in [0, 0.1) is 0 Å². The average Bonchev–Trinajstić information content (AvgIpc) is 2.41. The summed E-state index contributed by atoms with van der Waals surface area (Å²) in [6, 6.07) is 17.4. The lowest BCUT2D eigenvalue weighted by Gasteiger charge is -2.13. The Labute approximate surface area is 107 Å². The lowest BCUT2D eigenvalue weighted by molar-refractivity contribution is 0.724. The molecule has 0 unspecified atom stereocenters. The molecule has 0 amide bonds. The zero-order chi connectivity index (χ0) is 13.0. The van der Waals surface area contributed by atoms with E-state index < -0.39 is 0 Å². The van der Waals surface area contributed by atoms with E-state index in [1.165, 1.54) is 0 Å². The minimum atomic E-state index is 0.612. The van der Waals surface area contributed by atoms with E-state index in [4.69, 9.17) is 0 Å². The molecule has 0 fully saturated rings. The molecular weight excluding hydrogens is 225 g/mol. The lowest BCUT2D eigenvalue weighted by Crippen LogP contribution is -2.08. The van der Waals surface area contributed by atoms with Crippen molar-refractivity contribution in [2.75, 3.05) is 19.0 Å². The second kappa shape index (κ2) is 5.50. The van der Waals surface area contributed by atoms with Crippen LogP contribution in [0.1, 0.15) is 11.1 Å². The molecule has 2 rings (SSSR count). The standard InChI is InChI=1S/C16H16FN/c1-18(2)15-10-8-14(9-11-15)16(12-17)13-6-4-3-5-7-13/h3-12H,1-2H3. The van der Waals surface area contributed by atoms with E-state index in [9.17, 15) is 4.39 Å². The van der Waals surface area contributed by atoms with E-state index >= 15 is 0 Å². The monoisotopic (exact) mass is 241 g/mol. The molecule has 2 aromatic rings. The topological polar surface area (TPSA) is 3.24 Å². The van der Waals surface area contributed by atoms with Crippen LogP contribution in [0.25, 0.3) is 5.57 Å². The van der Waals surface area contributed by atoms with Crippen molar-refractivity contribution in [3.63, 3.8) is 0 Å². The Hall–Kier alpha value is -2.09. The van der Waals surface area contributed by atoms with Crippen molar-refractivity contribution in [3.8, 4) is 0 Å². The highest BCUT2D eigenvalue weighted by Crippen LogP contribution is 2.25. The number of hydrogen-bond donors (Lipinski definition) is 0. The normalized spacial score (nSPS) is 11.4. The molecule has 92 valence electrons. The maximum Gasteiger partial charge on any atom is 0.0951 e. The van der Waals surface area contributed by atoms with Crippen molar-refractivity contribution in [1.29, 1.82) is 0 Å². The van der Waals surface area contributed by atoms with E-state index in [0.29, 0.717) is 11.9 Å². The largest absolute Gasteiger partial charge is 0.378 e. The summed E-state index contributed by atoms with van der Waals surface area (Å²) in [5.74, 6) is 0. The highest BCUT2D eigenvalue weighted by atomic mass is 19.1. The van der Waals surface area contributed by atoms with Crippen molar-refractivity contribution in [2.45, 2.75) is 0 Å². The third kappa shape index (κ3) is 2.59. The number of benzene rings is 2. The summed E-state index contributed by atoms with van der Waals surface area (Å²) in [5, 5.41) is 0. The van der Waals surface area contributed by atoms with Crippen LogP contribution < -0.4 is 4.90 Å². The van der Waals surface area contributed by atoms with E-state index in [-0.39, 0.29) is 0 Å². The Bertz CT molecular complexity index is 527. The van der Waals surface area contributed by atoms with Crippen LogP contribution >= 0.6 is 0 Å². The first-order chi connectivity index (χ1) is 8.72. The van der Waals surface area contributed by atoms with Gasteiger partial charge in [0.1, 0.15) is 0 Å². The summed E-state index contributed by atoms with van der Waals surface area (Å²) in [6.45, 7) is 0. The fraction of sp³-hybridized carbons (Fsp3) is 0.125. The van der Waals surface area contributed by atoms with Crippen molar-refractivity contribution >= 4 is 11.3 Å². The fourth-order valence-electron chi connectivity index (χ4n) is 1.85. The van der Waals surface area contributed by atoms with Gasteiger partial charge in [-0.25, -0.2) is 4.39 Å². The predicted molar refractivity (Wildman–Crippen MR) is 75.4 cm³/mol. The van der Waals surface area contributed by atoms with E-state index in [1.807, 2.05) is 73.6 Å². The van der Waals surface area contributed by atoms with Gasteiger partial charge in [0, 0.05) is 25.4 Å². The summed E-state index contributed by atoms with van der Waals surface area (Å²) in [5.41, 5.74) is 3.48. The minimum absolute atomic E-state index is 0.612. The van der Waals surface area contributed by atoms with Crippen molar-refractivity contribution in [1.82, 2.24) is 0 Å². The van der Waals surface area contributed by atoms with Gasteiger partial charge in [-0.2, -0.15) is 0 Å². The Kier molecular flexibility index (Phi) is 3.78. The van der Waals surface area contributed by atoms with Gasteiger partial charge < -0.3 is 4.90 Å². The quantitative estimate of drug-likeness (QED) is 0.781. The zero-order valence-electron chi connectivity index (χ0n) is 10.6. The predicted octanol–water partition coefficient (Wildman–Crippen LogP) is 4.11. The van der Waals surface area contributed by atoms with Gasteiger partial charge in [-0.1, -0.05) is 42.5 Å². The number of anilines is 1. The third-order valence-electron chi connectivity index (χ3n) is 2.89. The number of rotatable bonds is 3. The Balaban J connectivity index is 2.35. The summed E-state index contributed by atoms with van der Waals surface area (Å²) in [6.07, 6.45) is 0.667. The molecule has 0 aliphatic carbocycles. The van der Waals surface area contributed by atoms with Crippen molar-refractivity contribution < 1.29 is 4.39 Å². The van der Waals surface area contributed by atoms with Gasteiger partial charge in [0.05, 0.1) is 6.33 Å². The Morgan fingerprint density at radius 2 is 1.44 bits per heavy atom. The molecule has 18 heavy (non-hydrogen) atoms. The highest BCUT2D eigenvalue weighted by molar-refractivity contribution is 5.79. The molecule has 0 heterocycles. The second-order valence-electron chi connectivity index (χ2n) is 4.33. The van der Waals surface area contributed by atoms with Crippen LogP contribution in [0.2, 0.25) is 0 Å². The first-order valence-electron chi connectivity index (χ1n) is 5.86. The smallest absolute Gasteiger partial charge is 0.0951 e. The van der Waals surface area contributed by atoms with Crippen LogP contribution in [-0.4, -0.2) is 14.1 Å². The lowest BCUT2D eigenvalue weighted by atomic mass is 9.99. The van der Waals surface area contributed by atoms with Gasteiger partial charge in [0.25, 0.3) is 0 Å². The molecule has 0 bridgehead atoms. The first-order valence-corrected chi connectivity index (χ1v) is 5.86. The van der Waals surface area contributed by atoms with E-state index in [1.54, 1.807) is 0 Å². The van der Waals surface area contributed by atoms with Crippen LogP contribution in [0.4, 0.5) is 10.1 Å². The molecule has 0 N–H and O–H groups in total.